The summed E-state index contributed by atoms with van der Waals surface area (Å²) < 4.78 is 6.41. The minimum absolute atomic E-state index is 0.0498. The highest BCUT2D eigenvalue weighted by atomic mass is 16.5. The van der Waals surface area contributed by atoms with Gasteiger partial charge in [-0.15, -0.1) is 0 Å². The molecule has 2 rings (SSSR count). The van der Waals surface area contributed by atoms with Crippen molar-refractivity contribution in [3.05, 3.63) is 0 Å². The maximum Gasteiger partial charge on any atom is 0.0788 e. The van der Waals surface area contributed by atoms with Crippen molar-refractivity contribution >= 4 is 0 Å². The zero-order chi connectivity index (χ0) is 13.0. The van der Waals surface area contributed by atoms with Crippen molar-refractivity contribution < 1.29 is 4.74 Å². The number of likely N-dealkylation sites (tertiary alicyclic amines) is 1. The highest BCUT2D eigenvalue weighted by Crippen LogP contribution is 2.52. The molecule has 0 aromatic rings. The molecule has 2 aliphatic rings. The van der Waals surface area contributed by atoms with Crippen LogP contribution in [0, 0.1) is 17.3 Å². The van der Waals surface area contributed by atoms with E-state index in [-0.39, 0.29) is 11.0 Å². The maximum atomic E-state index is 6.41. The Morgan fingerprint density at radius 3 is 2.06 bits per heavy atom. The number of fused-ring (bicyclic) bond motifs is 1. The lowest BCUT2D eigenvalue weighted by molar-refractivity contribution is -0.135. The van der Waals surface area contributed by atoms with Crippen LogP contribution >= 0.6 is 0 Å². The first-order valence-electron chi connectivity index (χ1n) is 6.97. The highest BCUT2D eigenvalue weighted by molar-refractivity contribution is 5.08. The van der Waals surface area contributed by atoms with Crippen molar-refractivity contribution in [3.8, 4) is 0 Å². The van der Waals surface area contributed by atoms with E-state index in [1.807, 2.05) is 0 Å². The van der Waals surface area contributed by atoms with E-state index in [1.54, 1.807) is 0 Å². The van der Waals surface area contributed by atoms with Gasteiger partial charge in [-0.25, -0.2) is 0 Å². The number of ether oxygens (including phenoxy) is 1. The summed E-state index contributed by atoms with van der Waals surface area (Å²) in [5.41, 5.74) is 0.162. The molecule has 4 atom stereocenters. The van der Waals surface area contributed by atoms with Gasteiger partial charge in [0.25, 0.3) is 0 Å². The average Bonchev–Trinajstić information content (AvgIpc) is 2.73. The minimum Gasteiger partial charge on any atom is -0.370 e. The summed E-state index contributed by atoms with van der Waals surface area (Å²) in [6, 6.07) is 0.624. The van der Waals surface area contributed by atoms with Crippen LogP contribution in [0.3, 0.4) is 0 Å². The second-order valence-corrected chi connectivity index (χ2v) is 8.11. The van der Waals surface area contributed by atoms with E-state index in [4.69, 9.17) is 4.74 Å². The van der Waals surface area contributed by atoms with Crippen molar-refractivity contribution in [2.24, 2.45) is 17.3 Å². The fourth-order valence-electron chi connectivity index (χ4n) is 3.31. The van der Waals surface area contributed by atoms with Crippen LogP contribution in [0.25, 0.3) is 0 Å². The predicted octanol–water partition coefficient (Wildman–Crippen LogP) is 3.17. The molecule has 1 unspecified atom stereocenters. The molecule has 0 N–H and O–H groups in total. The molecule has 0 aromatic heterocycles. The van der Waals surface area contributed by atoms with Crippen LogP contribution in [0.4, 0.5) is 0 Å². The summed E-state index contributed by atoms with van der Waals surface area (Å²) in [7, 11) is 2.27. The Kier molecular flexibility index (Phi) is 3.11. The Labute approximate surface area is 107 Å². The smallest absolute Gasteiger partial charge is 0.0788 e. The number of nitrogens with zero attached hydrogens (tertiary/aromatic N) is 1. The van der Waals surface area contributed by atoms with Gasteiger partial charge in [-0.05, 0) is 51.5 Å². The molecule has 0 radical (unpaired) electrons. The Balaban J connectivity index is 2.15. The first-order valence-corrected chi connectivity index (χ1v) is 6.97. The Hall–Kier alpha value is -0.0800. The fourth-order valence-corrected chi connectivity index (χ4v) is 3.31. The van der Waals surface area contributed by atoms with Gasteiger partial charge in [-0.1, -0.05) is 20.8 Å². The monoisotopic (exact) mass is 239 g/mol. The number of hydrogen-bond donors (Lipinski definition) is 0. The molecule has 0 aromatic carbocycles. The molecule has 2 heteroatoms. The Bertz CT molecular complexity index is 284. The average molecular weight is 239 g/mol. The van der Waals surface area contributed by atoms with Gasteiger partial charge in [-0.2, -0.15) is 0 Å². The topological polar surface area (TPSA) is 12.5 Å². The third-order valence-electron chi connectivity index (χ3n) is 4.09. The van der Waals surface area contributed by atoms with E-state index < -0.39 is 0 Å². The summed E-state index contributed by atoms with van der Waals surface area (Å²) >= 11 is 0. The Morgan fingerprint density at radius 1 is 1.12 bits per heavy atom. The third kappa shape index (κ3) is 2.85. The second kappa shape index (κ2) is 3.96. The van der Waals surface area contributed by atoms with Gasteiger partial charge in [0, 0.05) is 12.6 Å². The highest BCUT2D eigenvalue weighted by Gasteiger charge is 2.56. The van der Waals surface area contributed by atoms with Crippen LogP contribution in [0.2, 0.25) is 0 Å². The molecule has 0 amide bonds. The van der Waals surface area contributed by atoms with Crippen LogP contribution in [0.1, 0.15) is 48.0 Å². The van der Waals surface area contributed by atoms with Gasteiger partial charge in [0.05, 0.1) is 11.7 Å². The van der Waals surface area contributed by atoms with Crippen molar-refractivity contribution in [1.29, 1.82) is 0 Å². The SMILES string of the molecule is CN1C[C@@H]2C[C@@H]2[C@H]1C(OC(C)(C)C)C(C)(C)C. The molecular weight excluding hydrogens is 210 g/mol. The molecule has 1 saturated heterocycles. The van der Waals surface area contributed by atoms with Crippen molar-refractivity contribution in [1.82, 2.24) is 4.90 Å². The maximum absolute atomic E-state index is 6.41. The molecule has 17 heavy (non-hydrogen) atoms. The molecule has 1 saturated carbocycles. The van der Waals surface area contributed by atoms with Gasteiger partial charge in [0.1, 0.15) is 0 Å². The number of likely N-dealkylation sites (N-methyl/N-ethyl adjacent to an activating group) is 1. The van der Waals surface area contributed by atoms with Gasteiger partial charge in [0.15, 0.2) is 0 Å². The molecular formula is C15H29NO. The van der Waals surface area contributed by atoms with Crippen molar-refractivity contribution in [2.75, 3.05) is 13.6 Å². The molecule has 2 fully saturated rings. The van der Waals surface area contributed by atoms with E-state index >= 15 is 0 Å². The lowest BCUT2D eigenvalue weighted by Crippen LogP contribution is -2.50. The van der Waals surface area contributed by atoms with E-state index in [0.29, 0.717) is 12.1 Å². The van der Waals surface area contributed by atoms with Crippen LogP contribution in [0.5, 0.6) is 0 Å². The van der Waals surface area contributed by atoms with Crippen LogP contribution in [-0.4, -0.2) is 36.2 Å². The third-order valence-corrected chi connectivity index (χ3v) is 4.09. The molecule has 1 heterocycles. The summed E-state index contributed by atoms with van der Waals surface area (Å²) in [5.74, 6) is 1.85. The lowest BCUT2D eigenvalue weighted by atomic mass is 9.82. The van der Waals surface area contributed by atoms with E-state index in [9.17, 15) is 0 Å². The second-order valence-electron chi connectivity index (χ2n) is 8.11. The van der Waals surface area contributed by atoms with E-state index in [2.05, 4.69) is 53.5 Å². The molecule has 0 spiro atoms. The number of rotatable bonds is 2. The van der Waals surface area contributed by atoms with Crippen LogP contribution < -0.4 is 0 Å². The molecule has 2 nitrogen and oxygen atoms in total. The summed E-state index contributed by atoms with van der Waals surface area (Å²) in [5, 5.41) is 0. The minimum atomic E-state index is -0.0498. The first-order chi connectivity index (χ1) is 7.59. The molecule has 1 aliphatic heterocycles. The fraction of sp³-hybridized carbons (Fsp3) is 1.00. The normalized spacial score (nSPS) is 35.8. The lowest BCUT2D eigenvalue weighted by Gasteiger charge is -2.43. The predicted molar refractivity (Wildman–Crippen MR) is 72.1 cm³/mol. The molecule has 0 bridgehead atoms. The van der Waals surface area contributed by atoms with Crippen molar-refractivity contribution in [2.45, 2.75) is 65.7 Å². The zero-order valence-electron chi connectivity index (χ0n) is 12.6. The molecule has 100 valence electrons. The Morgan fingerprint density at radius 2 is 1.71 bits per heavy atom. The van der Waals surface area contributed by atoms with Gasteiger partial charge < -0.3 is 9.64 Å². The molecule has 1 aliphatic carbocycles. The first kappa shape index (κ1) is 13.4. The van der Waals surface area contributed by atoms with Gasteiger partial charge in [-0.3, -0.25) is 0 Å². The summed E-state index contributed by atoms with van der Waals surface area (Å²) in [4.78, 5) is 2.53. The van der Waals surface area contributed by atoms with E-state index in [0.717, 1.165) is 11.8 Å². The van der Waals surface area contributed by atoms with E-state index in [1.165, 1.54) is 13.0 Å². The van der Waals surface area contributed by atoms with Crippen molar-refractivity contribution in [3.63, 3.8) is 0 Å². The standard InChI is InChI=1S/C15H29NO/c1-14(2,3)13(17-15(4,5)6)12-11-8-10(11)9-16(12)7/h10-13H,8-9H2,1-7H3/t10-,11-,12-,13?/m0/s1. The van der Waals surface area contributed by atoms with Crippen LogP contribution in [-0.2, 0) is 4.74 Å². The number of piperidine rings is 1. The largest absolute Gasteiger partial charge is 0.370 e. The summed E-state index contributed by atoms with van der Waals surface area (Å²) in [6.45, 7) is 14.7. The quantitative estimate of drug-likeness (QED) is 0.734. The van der Waals surface area contributed by atoms with Gasteiger partial charge in [0.2, 0.25) is 0 Å². The van der Waals surface area contributed by atoms with Crippen LogP contribution in [0.15, 0.2) is 0 Å². The zero-order valence-corrected chi connectivity index (χ0v) is 12.6. The summed E-state index contributed by atoms with van der Waals surface area (Å²) in [6.07, 6.45) is 1.76. The van der Waals surface area contributed by atoms with Gasteiger partial charge >= 0.3 is 0 Å². The number of hydrogen-bond acceptors (Lipinski definition) is 2.